The minimum absolute atomic E-state index is 0.151. The van der Waals surface area contributed by atoms with Crippen LogP contribution in [0.15, 0.2) is 60.7 Å². The number of hydrogen-bond donors (Lipinski definition) is 2. The van der Waals surface area contributed by atoms with E-state index in [0.29, 0.717) is 12.5 Å². The lowest BCUT2D eigenvalue weighted by Gasteiger charge is -2.41. The largest absolute Gasteiger partial charge is 0.481 e. The molecule has 4 atom stereocenters. The zero-order valence-corrected chi connectivity index (χ0v) is 14.4. The number of aliphatic carboxylic acids is 1. The molecule has 2 N–H and O–H groups in total. The molecule has 2 aromatic carbocycles. The van der Waals surface area contributed by atoms with Gasteiger partial charge in [-0.25, -0.2) is 0 Å². The van der Waals surface area contributed by atoms with Gasteiger partial charge in [0.25, 0.3) is 0 Å². The monoisotopic (exact) mass is 335 g/mol. The molecule has 25 heavy (non-hydrogen) atoms. The Kier molecular flexibility index (Phi) is 4.34. The van der Waals surface area contributed by atoms with Crippen LogP contribution < -0.4 is 5.32 Å². The Hall–Kier alpha value is -2.13. The molecule has 3 heteroatoms. The summed E-state index contributed by atoms with van der Waals surface area (Å²) in [7, 11) is 0. The Labute approximate surface area is 149 Å². The van der Waals surface area contributed by atoms with Crippen LogP contribution in [0.1, 0.15) is 42.9 Å². The molecule has 3 nitrogen and oxygen atoms in total. The van der Waals surface area contributed by atoms with Crippen LogP contribution in [-0.4, -0.2) is 11.1 Å². The van der Waals surface area contributed by atoms with Crippen molar-refractivity contribution in [3.63, 3.8) is 0 Å². The molecule has 2 aliphatic rings. The SMILES string of the molecule is O=C(O)[C@@]1([C@H](NCc2ccccc2)c2ccccc2)C[C@H]2CC[C@@H]1C2. The second kappa shape index (κ2) is 6.64. The first-order chi connectivity index (χ1) is 12.2. The number of carboxylic acids is 1. The molecule has 130 valence electrons. The van der Waals surface area contributed by atoms with Crippen LogP contribution in [0.25, 0.3) is 0 Å². The number of carbonyl (C=O) groups is 1. The first-order valence-electron chi connectivity index (χ1n) is 9.26. The van der Waals surface area contributed by atoms with Crippen LogP contribution in [0.2, 0.25) is 0 Å². The van der Waals surface area contributed by atoms with Gasteiger partial charge in [-0.1, -0.05) is 67.1 Å². The number of carboxylic acid groups (broad SMARTS) is 1. The van der Waals surface area contributed by atoms with Gasteiger partial charge in [0, 0.05) is 12.6 Å². The van der Waals surface area contributed by atoms with E-state index in [1.54, 1.807) is 0 Å². The number of hydrogen-bond acceptors (Lipinski definition) is 2. The van der Waals surface area contributed by atoms with Gasteiger partial charge >= 0.3 is 5.97 Å². The van der Waals surface area contributed by atoms with Gasteiger partial charge in [0.2, 0.25) is 0 Å². The quantitative estimate of drug-likeness (QED) is 0.822. The zero-order valence-electron chi connectivity index (χ0n) is 14.4. The number of benzene rings is 2. The smallest absolute Gasteiger partial charge is 0.311 e. The van der Waals surface area contributed by atoms with Gasteiger partial charge in [-0.15, -0.1) is 0 Å². The molecule has 0 spiro atoms. The maximum Gasteiger partial charge on any atom is 0.311 e. The summed E-state index contributed by atoms with van der Waals surface area (Å²) >= 11 is 0. The van der Waals surface area contributed by atoms with Gasteiger partial charge in [-0.2, -0.15) is 0 Å². The average Bonchev–Trinajstić information content (AvgIpc) is 3.26. The molecule has 0 heterocycles. The van der Waals surface area contributed by atoms with Crippen molar-refractivity contribution in [1.82, 2.24) is 5.32 Å². The molecule has 2 aromatic rings. The molecule has 0 aliphatic heterocycles. The summed E-state index contributed by atoms with van der Waals surface area (Å²) in [5, 5.41) is 13.9. The van der Waals surface area contributed by atoms with Crippen LogP contribution in [0.4, 0.5) is 0 Å². The van der Waals surface area contributed by atoms with E-state index in [0.717, 1.165) is 24.8 Å². The van der Waals surface area contributed by atoms with Crippen molar-refractivity contribution in [1.29, 1.82) is 0 Å². The molecule has 0 saturated heterocycles. The highest BCUT2D eigenvalue weighted by Gasteiger charge is 2.60. The van der Waals surface area contributed by atoms with E-state index in [1.807, 2.05) is 36.4 Å². The molecular formula is C22H25NO2. The fourth-order valence-corrected chi connectivity index (χ4v) is 5.17. The molecular weight excluding hydrogens is 310 g/mol. The Balaban J connectivity index is 1.68. The molecule has 2 aliphatic carbocycles. The van der Waals surface area contributed by atoms with Crippen LogP contribution in [0, 0.1) is 17.3 Å². The Bertz CT molecular complexity index is 730. The van der Waals surface area contributed by atoms with Gasteiger partial charge in [0.05, 0.1) is 5.41 Å². The van der Waals surface area contributed by atoms with Gasteiger partial charge in [-0.05, 0) is 42.2 Å². The molecule has 0 radical (unpaired) electrons. The van der Waals surface area contributed by atoms with Crippen molar-refractivity contribution in [2.75, 3.05) is 0 Å². The Morgan fingerprint density at radius 2 is 1.76 bits per heavy atom. The molecule has 0 unspecified atom stereocenters. The second-order valence-corrected chi connectivity index (χ2v) is 7.64. The molecule has 2 bridgehead atoms. The van der Waals surface area contributed by atoms with E-state index in [-0.39, 0.29) is 12.0 Å². The van der Waals surface area contributed by atoms with Gasteiger partial charge < -0.3 is 10.4 Å². The van der Waals surface area contributed by atoms with E-state index >= 15 is 0 Å². The number of fused-ring (bicyclic) bond motifs is 2. The van der Waals surface area contributed by atoms with E-state index in [1.165, 1.54) is 12.0 Å². The van der Waals surface area contributed by atoms with Gasteiger partial charge in [0.1, 0.15) is 0 Å². The van der Waals surface area contributed by atoms with Crippen molar-refractivity contribution in [2.45, 2.75) is 38.3 Å². The summed E-state index contributed by atoms with van der Waals surface area (Å²) in [6.07, 6.45) is 4.12. The normalized spacial score (nSPS) is 28.8. The van der Waals surface area contributed by atoms with Crippen molar-refractivity contribution in [2.24, 2.45) is 17.3 Å². The summed E-state index contributed by atoms with van der Waals surface area (Å²) < 4.78 is 0. The highest BCUT2D eigenvalue weighted by Crippen LogP contribution is 2.61. The third-order valence-electron chi connectivity index (χ3n) is 6.30. The molecule has 0 amide bonds. The maximum atomic E-state index is 12.5. The average molecular weight is 335 g/mol. The van der Waals surface area contributed by atoms with E-state index in [2.05, 4.69) is 29.6 Å². The summed E-state index contributed by atoms with van der Waals surface area (Å²) in [6, 6.07) is 20.2. The van der Waals surface area contributed by atoms with E-state index in [4.69, 9.17) is 0 Å². The minimum Gasteiger partial charge on any atom is -0.481 e. The summed E-state index contributed by atoms with van der Waals surface area (Å²) in [4.78, 5) is 12.5. The predicted octanol–water partition coefficient (Wildman–Crippen LogP) is 4.41. The summed E-state index contributed by atoms with van der Waals surface area (Å²) in [5.41, 5.74) is 1.60. The Morgan fingerprint density at radius 1 is 1.08 bits per heavy atom. The summed E-state index contributed by atoms with van der Waals surface area (Å²) in [5.74, 6) is 0.225. The maximum absolute atomic E-state index is 12.5. The zero-order chi connectivity index (χ0) is 17.3. The summed E-state index contributed by atoms with van der Waals surface area (Å²) in [6.45, 7) is 0.687. The lowest BCUT2D eigenvalue weighted by molar-refractivity contribution is -0.155. The topological polar surface area (TPSA) is 49.3 Å². The first kappa shape index (κ1) is 16.3. The fraction of sp³-hybridized carbons (Fsp3) is 0.409. The molecule has 0 aromatic heterocycles. The molecule has 2 fully saturated rings. The van der Waals surface area contributed by atoms with Crippen LogP contribution in [-0.2, 0) is 11.3 Å². The third-order valence-corrected chi connectivity index (χ3v) is 6.30. The third kappa shape index (κ3) is 2.87. The molecule has 4 rings (SSSR count). The lowest BCUT2D eigenvalue weighted by atomic mass is 9.66. The van der Waals surface area contributed by atoms with Crippen molar-refractivity contribution >= 4 is 5.97 Å². The number of nitrogens with one attached hydrogen (secondary N) is 1. The van der Waals surface area contributed by atoms with Crippen LogP contribution >= 0.6 is 0 Å². The standard InChI is InChI=1S/C22H25NO2/c24-21(25)22(14-17-11-12-19(22)13-17)20(18-9-5-2-6-10-18)23-15-16-7-3-1-4-8-16/h1-10,17,19-20,23H,11-15H2,(H,24,25)/t17-,19+,20+,22-/m0/s1. The van der Waals surface area contributed by atoms with Crippen molar-refractivity contribution in [3.05, 3.63) is 71.8 Å². The van der Waals surface area contributed by atoms with E-state index < -0.39 is 11.4 Å². The van der Waals surface area contributed by atoms with Gasteiger partial charge in [-0.3, -0.25) is 4.79 Å². The molecule has 2 saturated carbocycles. The highest BCUT2D eigenvalue weighted by molar-refractivity contribution is 5.77. The van der Waals surface area contributed by atoms with Crippen molar-refractivity contribution in [3.8, 4) is 0 Å². The Morgan fingerprint density at radius 3 is 2.32 bits per heavy atom. The minimum atomic E-state index is -0.681. The van der Waals surface area contributed by atoms with Crippen LogP contribution in [0.3, 0.4) is 0 Å². The number of rotatable bonds is 6. The first-order valence-corrected chi connectivity index (χ1v) is 9.26. The van der Waals surface area contributed by atoms with Gasteiger partial charge in [0.15, 0.2) is 0 Å². The van der Waals surface area contributed by atoms with Crippen molar-refractivity contribution < 1.29 is 9.90 Å². The fourth-order valence-electron chi connectivity index (χ4n) is 5.17. The van der Waals surface area contributed by atoms with E-state index in [9.17, 15) is 9.90 Å². The van der Waals surface area contributed by atoms with Crippen LogP contribution in [0.5, 0.6) is 0 Å². The predicted molar refractivity (Wildman–Crippen MR) is 98.0 cm³/mol. The highest BCUT2D eigenvalue weighted by atomic mass is 16.4. The lowest BCUT2D eigenvalue weighted by Crippen LogP contribution is -2.47. The second-order valence-electron chi connectivity index (χ2n) is 7.64.